The van der Waals surface area contributed by atoms with E-state index in [-0.39, 0.29) is 18.6 Å². The standard InChI is InChI=1S/C13H22N4O2/c1-10-3-2-4-11(7-10)19-8-13(18)14-6-5-12-15-9-16-17-12/h9-11H,2-8H2,1H3,(H,14,18)(H,15,16,17). The molecule has 1 aromatic rings. The molecule has 1 aromatic heterocycles. The molecule has 1 heterocycles. The van der Waals surface area contributed by atoms with Crippen LogP contribution in [0, 0.1) is 5.92 Å². The maximum absolute atomic E-state index is 11.6. The second-order valence-corrected chi connectivity index (χ2v) is 5.24. The number of rotatable bonds is 6. The average Bonchev–Trinajstić information content (AvgIpc) is 2.90. The number of carbonyl (C=O) groups excluding carboxylic acids is 1. The molecule has 1 aliphatic carbocycles. The SMILES string of the molecule is CC1CCCC(OCC(=O)NCCc2ncn[nH]2)C1. The largest absolute Gasteiger partial charge is 0.368 e. The van der Waals surface area contributed by atoms with Crippen LogP contribution in [-0.4, -0.2) is 40.3 Å². The molecule has 6 heteroatoms. The van der Waals surface area contributed by atoms with Gasteiger partial charge < -0.3 is 10.1 Å². The van der Waals surface area contributed by atoms with Crippen LogP contribution in [0.2, 0.25) is 0 Å². The van der Waals surface area contributed by atoms with Gasteiger partial charge >= 0.3 is 0 Å². The first-order valence-corrected chi connectivity index (χ1v) is 6.96. The van der Waals surface area contributed by atoms with Crippen LogP contribution >= 0.6 is 0 Å². The molecular weight excluding hydrogens is 244 g/mol. The molecule has 6 nitrogen and oxygen atoms in total. The van der Waals surface area contributed by atoms with Crippen LogP contribution in [0.1, 0.15) is 38.4 Å². The predicted octanol–water partition coefficient (Wildman–Crippen LogP) is 1.06. The molecule has 0 bridgehead atoms. The van der Waals surface area contributed by atoms with E-state index in [9.17, 15) is 4.79 Å². The van der Waals surface area contributed by atoms with Crippen molar-refractivity contribution in [1.29, 1.82) is 0 Å². The molecule has 2 atom stereocenters. The number of nitrogens with one attached hydrogen (secondary N) is 2. The smallest absolute Gasteiger partial charge is 0.246 e. The number of aromatic amines is 1. The Hall–Kier alpha value is -1.43. The van der Waals surface area contributed by atoms with Crippen molar-refractivity contribution in [2.75, 3.05) is 13.2 Å². The molecule has 0 aromatic carbocycles. The molecule has 2 rings (SSSR count). The number of hydrogen-bond donors (Lipinski definition) is 2. The van der Waals surface area contributed by atoms with E-state index >= 15 is 0 Å². The van der Waals surface area contributed by atoms with Crippen LogP contribution in [0.3, 0.4) is 0 Å². The highest BCUT2D eigenvalue weighted by molar-refractivity contribution is 5.77. The summed E-state index contributed by atoms with van der Waals surface area (Å²) < 4.78 is 5.66. The zero-order valence-corrected chi connectivity index (χ0v) is 11.4. The van der Waals surface area contributed by atoms with Crippen LogP contribution in [-0.2, 0) is 16.0 Å². The molecule has 1 fully saturated rings. The van der Waals surface area contributed by atoms with E-state index < -0.39 is 0 Å². The number of aromatic nitrogens is 3. The van der Waals surface area contributed by atoms with Gasteiger partial charge in [-0.15, -0.1) is 0 Å². The highest BCUT2D eigenvalue weighted by Gasteiger charge is 2.19. The van der Waals surface area contributed by atoms with Crippen molar-refractivity contribution in [3.8, 4) is 0 Å². The van der Waals surface area contributed by atoms with Crippen LogP contribution in [0.4, 0.5) is 0 Å². The van der Waals surface area contributed by atoms with Crippen LogP contribution in [0.5, 0.6) is 0 Å². The van der Waals surface area contributed by atoms with E-state index in [0.717, 1.165) is 18.7 Å². The highest BCUT2D eigenvalue weighted by Crippen LogP contribution is 2.25. The summed E-state index contributed by atoms with van der Waals surface area (Å²) in [6, 6.07) is 0. The van der Waals surface area contributed by atoms with E-state index in [1.165, 1.54) is 19.2 Å². The Bertz CT molecular complexity index is 380. The summed E-state index contributed by atoms with van der Waals surface area (Å²) in [7, 11) is 0. The number of nitrogens with zero attached hydrogens (tertiary/aromatic N) is 2. The maximum atomic E-state index is 11.6. The minimum absolute atomic E-state index is 0.0576. The summed E-state index contributed by atoms with van der Waals surface area (Å²) >= 11 is 0. The topological polar surface area (TPSA) is 79.9 Å². The van der Waals surface area contributed by atoms with Crippen LogP contribution in [0.15, 0.2) is 6.33 Å². The predicted molar refractivity (Wildman–Crippen MR) is 70.5 cm³/mol. The lowest BCUT2D eigenvalue weighted by atomic mass is 9.89. The lowest BCUT2D eigenvalue weighted by molar-refractivity contribution is -0.128. The van der Waals surface area contributed by atoms with Gasteiger partial charge in [-0.1, -0.05) is 19.8 Å². The fraction of sp³-hybridized carbons (Fsp3) is 0.769. The Balaban J connectivity index is 1.56. The molecule has 1 aliphatic rings. The fourth-order valence-corrected chi connectivity index (χ4v) is 2.45. The lowest BCUT2D eigenvalue weighted by Gasteiger charge is -2.26. The summed E-state index contributed by atoms with van der Waals surface area (Å²) in [4.78, 5) is 15.6. The van der Waals surface area contributed by atoms with Gasteiger partial charge in [-0.05, 0) is 18.8 Å². The summed E-state index contributed by atoms with van der Waals surface area (Å²) in [5.74, 6) is 1.44. The molecule has 19 heavy (non-hydrogen) atoms. The molecule has 2 unspecified atom stereocenters. The number of ether oxygens (including phenoxy) is 1. The van der Waals surface area contributed by atoms with Gasteiger partial charge in [0.1, 0.15) is 18.8 Å². The van der Waals surface area contributed by atoms with Crippen molar-refractivity contribution >= 4 is 5.91 Å². The normalized spacial score (nSPS) is 23.2. The average molecular weight is 266 g/mol. The Morgan fingerprint density at radius 3 is 3.21 bits per heavy atom. The molecule has 0 aliphatic heterocycles. The minimum Gasteiger partial charge on any atom is -0.368 e. The first kappa shape index (κ1) is 14.0. The van der Waals surface area contributed by atoms with Crippen molar-refractivity contribution in [3.05, 3.63) is 12.2 Å². The molecule has 106 valence electrons. The maximum Gasteiger partial charge on any atom is 0.246 e. The summed E-state index contributed by atoms with van der Waals surface area (Å²) in [6.07, 6.45) is 7.02. The molecule has 1 saturated carbocycles. The Morgan fingerprint density at radius 2 is 2.47 bits per heavy atom. The van der Waals surface area contributed by atoms with Crippen molar-refractivity contribution in [1.82, 2.24) is 20.5 Å². The van der Waals surface area contributed by atoms with Gasteiger partial charge in [-0.25, -0.2) is 4.98 Å². The summed E-state index contributed by atoms with van der Waals surface area (Å²) in [6.45, 7) is 2.96. The van der Waals surface area contributed by atoms with E-state index in [1.54, 1.807) is 0 Å². The number of carbonyl (C=O) groups is 1. The first-order valence-electron chi connectivity index (χ1n) is 6.96. The van der Waals surface area contributed by atoms with E-state index in [4.69, 9.17) is 4.74 Å². The zero-order valence-electron chi connectivity index (χ0n) is 11.4. The van der Waals surface area contributed by atoms with Gasteiger partial charge in [0.25, 0.3) is 0 Å². The number of H-pyrrole nitrogens is 1. The Morgan fingerprint density at radius 1 is 1.58 bits per heavy atom. The lowest BCUT2D eigenvalue weighted by Crippen LogP contribution is -2.32. The second kappa shape index (κ2) is 7.23. The number of amides is 1. The minimum atomic E-state index is -0.0576. The van der Waals surface area contributed by atoms with E-state index in [1.807, 2.05) is 0 Å². The third-order valence-electron chi connectivity index (χ3n) is 3.49. The monoisotopic (exact) mass is 266 g/mol. The molecule has 0 radical (unpaired) electrons. The molecular formula is C13H22N4O2. The molecule has 1 amide bonds. The van der Waals surface area contributed by atoms with E-state index in [0.29, 0.717) is 18.9 Å². The summed E-state index contributed by atoms with van der Waals surface area (Å²) in [5, 5.41) is 9.33. The van der Waals surface area contributed by atoms with Crippen molar-refractivity contribution in [2.45, 2.75) is 45.1 Å². The van der Waals surface area contributed by atoms with Crippen LogP contribution in [0.25, 0.3) is 0 Å². The molecule has 0 saturated heterocycles. The van der Waals surface area contributed by atoms with Crippen LogP contribution < -0.4 is 5.32 Å². The van der Waals surface area contributed by atoms with Crippen molar-refractivity contribution < 1.29 is 9.53 Å². The third-order valence-corrected chi connectivity index (χ3v) is 3.49. The van der Waals surface area contributed by atoms with Gasteiger partial charge in [-0.3, -0.25) is 9.89 Å². The van der Waals surface area contributed by atoms with E-state index in [2.05, 4.69) is 27.4 Å². The van der Waals surface area contributed by atoms with Gasteiger partial charge in [-0.2, -0.15) is 5.10 Å². The molecule has 0 spiro atoms. The van der Waals surface area contributed by atoms with Gasteiger partial charge in [0.05, 0.1) is 6.10 Å². The van der Waals surface area contributed by atoms with Gasteiger partial charge in [0.2, 0.25) is 5.91 Å². The van der Waals surface area contributed by atoms with Crippen molar-refractivity contribution in [2.24, 2.45) is 5.92 Å². The Kier molecular flexibility index (Phi) is 5.32. The number of hydrogen-bond acceptors (Lipinski definition) is 4. The quantitative estimate of drug-likeness (QED) is 0.807. The summed E-state index contributed by atoms with van der Waals surface area (Å²) in [5.41, 5.74) is 0. The third kappa shape index (κ3) is 4.98. The Labute approximate surface area is 113 Å². The fourth-order valence-electron chi connectivity index (χ4n) is 2.45. The van der Waals surface area contributed by atoms with Gasteiger partial charge in [0, 0.05) is 13.0 Å². The highest BCUT2D eigenvalue weighted by atomic mass is 16.5. The van der Waals surface area contributed by atoms with Crippen molar-refractivity contribution in [3.63, 3.8) is 0 Å². The zero-order chi connectivity index (χ0) is 13.5. The molecule has 2 N–H and O–H groups in total. The second-order valence-electron chi connectivity index (χ2n) is 5.24. The first-order chi connectivity index (χ1) is 9.24. The van der Waals surface area contributed by atoms with Gasteiger partial charge in [0.15, 0.2) is 0 Å².